The van der Waals surface area contributed by atoms with Gasteiger partial charge in [-0.2, -0.15) is 0 Å². The maximum Gasteiger partial charge on any atom is 0.329 e. The van der Waals surface area contributed by atoms with E-state index in [9.17, 15) is 39.6 Å². The monoisotopic (exact) mass is 803 g/mol. The van der Waals surface area contributed by atoms with Crippen LogP contribution in [0.3, 0.4) is 0 Å². The number of aliphatic hydroxyl groups is 4. The molecule has 4 N–H and O–H groups in total. The van der Waals surface area contributed by atoms with Gasteiger partial charge >= 0.3 is 5.97 Å². The number of allylic oxidation sites excluding steroid dienone is 4. The molecule has 0 aromatic heterocycles. The molecule has 0 aromatic rings. The number of Topliss-reactive ketones (excluding diaryl/α,β-unsaturated/α-hetero) is 2. The molecule has 13 heteroatoms. The molecular weight excluding hydrogens is 734 g/mol. The summed E-state index contributed by atoms with van der Waals surface area (Å²) in [5, 5.41) is 44.0. The van der Waals surface area contributed by atoms with E-state index in [1.54, 1.807) is 26.8 Å². The maximum atomic E-state index is 14.3. The third-order valence-corrected chi connectivity index (χ3v) is 13.0. The van der Waals surface area contributed by atoms with Crippen LogP contribution in [0, 0.1) is 35.5 Å². The summed E-state index contributed by atoms with van der Waals surface area (Å²) in [5.74, 6) is -7.75. The van der Waals surface area contributed by atoms with E-state index in [0.29, 0.717) is 62.5 Å². The Hall–Kier alpha value is -2.78. The number of ketones is 2. The highest BCUT2D eigenvalue weighted by Gasteiger charge is 2.56. The Labute approximate surface area is 338 Å². The van der Waals surface area contributed by atoms with Crippen molar-refractivity contribution >= 4 is 23.4 Å². The van der Waals surface area contributed by atoms with Gasteiger partial charge in [-0.3, -0.25) is 14.4 Å². The minimum atomic E-state index is -2.52. The number of rotatable bonds is 7. The van der Waals surface area contributed by atoms with Gasteiger partial charge in [0.15, 0.2) is 5.78 Å². The first-order chi connectivity index (χ1) is 27.0. The summed E-state index contributed by atoms with van der Waals surface area (Å²) in [6, 6.07) is -1.16. The van der Waals surface area contributed by atoms with Gasteiger partial charge in [-0.1, -0.05) is 45.9 Å². The lowest BCUT2D eigenvalue weighted by Crippen LogP contribution is -2.64. The molecule has 57 heavy (non-hydrogen) atoms. The molecule has 2 bridgehead atoms. The van der Waals surface area contributed by atoms with E-state index in [-0.39, 0.29) is 61.9 Å². The lowest BCUT2D eigenvalue weighted by molar-refractivity contribution is -0.302. The number of carbonyl (C=O) groups is 4. The van der Waals surface area contributed by atoms with Crippen molar-refractivity contribution in [1.29, 1.82) is 0 Å². The number of ether oxygens (including phenoxy) is 4. The Morgan fingerprint density at radius 3 is 2.30 bits per heavy atom. The topological polar surface area (TPSA) is 189 Å². The number of fused-ring (bicyclic) bond motifs is 3. The summed E-state index contributed by atoms with van der Waals surface area (Å²) in [7, 11) is 3.05. The van der Waals surface area contributed by atoms with Gasteiger partial charge in [0, 0.05) is 51.5 Å². The number of esters is 1. The molecule has 0 spiro atoms. The van der Waals surface area contributed by atoms with E-state index >= 15 is 0 Å². The molecule has 14 atom stereocenters. The van der Waals surface area contributed by atoms with Crippen molar-refractivity contribution < 1.29 is 58.6 Å². The third-order valence-electron chi connectivity index (χ3n) is 13.0. The van der Waals surface area contributed by atoms with Crippen molar-refractivity contribution in [3.63, 3.8) is 0 Å². The fraction of sp³-hybridized carbons (Fsp3) is 0.773. The molecule has 0 aromatic carbocycles. The number of aliphatic hydroxyl groups excluding tert-OH is 3. The van der Waals surface area contributed by atoms with Crippen LogP contribution in [0.1, 0.15) is 105 Å². The largest absolute Gasteiger partial charge is 0.456 e. The zero-order valence-electron chi connectivity index (χ0n) is 35.1. The molecule has 1 saturated carbocycles. The van der Waals surface area contributed by atoms with Gasteiger partial charge in [0.25, 0.3) is 11.7 Å². The average molecular weight is 804 g/mol. The molecule has 3 fully saturated rings. The Kier molecular flexibility index (Phi) is 17.2. The number of hydrogen-bond acceptors (Lipinski definition) is 12. The van der Waals surface area contributed by atoms with Gasteiger partial charge in [0.05, 0.1) is 24.4 Å². The standard InChI is InChI=1S/C44H69NO12/c1-9-12-31-18-25(2)17-26(3)19-37(54-7)40-38(55-8)21-28(5)44(53,57-40)41(50)42(51)45-16-11-10-13-33(45)43(52)56-39(29(6)35(48)23-36(31)49)27(4)20-30-14-15-34(47)32(22-30)24-46/h9,18,20,25-26,28-30,32-35,37-40,46-48,53H,1,10-17,19,21-24H2,2-8H3/b27-20?,31-18+/t25?,26-,28+,29+,30-,32-,33?,34+,35-,37-,38-,39+,40+,44+/m0/s1. The molecule has 2 unspecified atom stereocenters. The van der Waals surface area contributed by atoms with Crippen molar-refractivity contribution in [3.8, 4) is 0 Å². The first kappa shape index (κ1) is 46.9. The Balaban J connectivity index is 1.78. The van der Waals surface area contributed by atoms with E-state index in [4.69, 9.17) is 18.9 Å². The van der Waals surface area contributed by atoms with Crippen LogP contribution in [0.2, 0.25) is 0 Å². The number of nitrogens with zero attached hydrogens (tertiary/aromatic N) is 1. The summed E-state index contributed by atoms with van der Waals surface area (Å²) in [5.41, 5.74) is 1.14. The molecular formula is C44H69NO12. The summed E-state index contributed by atoms with van der Waals surface area (Å²) < 4.78 is 24.2. The first-order valence-electron chi connectivity index (χ1n) is 21.0. The molecule has 322 valence electrons. The van der Waals surface area contributed by atoms with Gasteiger partial charge in [0.1, 0.15) is 18.2 Å². The minimum absolute atomic E-state index is 0.0276. The minimum Gasteiger partial charge on any atom is -0.456 e. The smallest absolute Gasteiger partial charge is 0.329 e. The molecule has 4 rings (SSSR count). The Morgan fingerprint density at radius 1 is 0.965 bits per heavy atom. The first-order valence-corrected chi connectivity index (χ1v) is 21.0. The fourth-order valence-corrected chi connectivity index (χ4v) is 9.53. The van der Waals surface area contributed by atoms with Crippen LogP contribution in [-0.2, 0) is 38.1 Å². The van der Waals surface area contributed by atoms with Gasteiger partial charge in [-0.25, -0.2) is 4.79 Å². The molecule has 4 aliphatic rings. The summed E-state index contributed by atoms with van der Waals surface area (Å²) in [4.78, 5) is 57.7. The zero-order chi connectivity index (χ0) is 42.2. The SMILES string of the molecule is C=CC/C1=C\C(C)C[C@H](C)C[C@H](OC)[C@H]2O[C@@](O)(C(=O)C(=O)N3CCCCC3C(=O)O[C@H](C(C)=C[C@@H]3CC[C@@H](O)[C@H](CO)C3)[C@H](C)[C@@H](O)CC1=O)[C@H](C)C[C@@H]2OC. The predicted molar refractivity (Wildman–Crippen MR) is 212 cm³/mol. The predicted octanol–water partition coefficient (Wildman–Crippen LogP) is 4.23. The average Bonchev–Trinajstić information content (AvgIpc) is 3.18. The van der Waals surface area contributed by atoms with E-state index in [1.165, 1.54) is 19.1 Å². The number of piperidine rings is 1. The fourth-order valence-electron chi connectivity index (χ4n) is 9.53. The van der Waals surface area contributed by atoms with Crippen molar-refractivity contribution in [3.05, 3.63) is 36.0 Å². The van der Waals surface area contributed by atoms with Gasteiger partial charge in [-0.05, 0) is 100 Å². The van der Waals surface area contributed by atoms with Crippen molar-refractivity contribution in [2.45, 2.75) is 154 Å². The highest BCUT2D eigenvalue weighted by molar-refractivity contribution is 6.39. The van der Waals surface area contributed by atoms with Crippen molar-refractivity contribution in [1.82, 2.24) is 4.90 Å². The summed E-state index contributed by atoms with van der Waals surface area (Å²) in [6.07, 6.45) is 4.95. The molecule has 0 radical (unpaired) electrons. The number of methoxy groups -OCH3 is 2. The Morgan fingerprint density at radius 2 is 1.65 bits per heavy atom. The molecule has 3 aliphatic heterocycles. The quantitative estimate of drug-likeness (QED) is 0.163. The number of carbonyl (C=O) groups excluding carboxylic acids is 4. The highest BCUT2D eigenvalue weighted by Crippen LogP contribution is 2.39. The molecule has 1 aliphatic carbocycles. The van der Waals surface area contributed by atoms with E-state index in [2.05, 4.69) is 6.58 Å². The lowest BCUT2D eigenvalue weighted by atomic mass is 9.78. The third kappa shape index (κ3) is 11.3. The zero-order valence-corrected chi connectivity index (χ0v) is 35.1. The van der Waals surface area contributed by atoms with E-state index in [0.717, 1.165) is 0 Å². The van der Waals surface area contributed by atoms with Gasteiger partial charge in [-0.15, -0.1) is 6.58 Å². The molecule has 13 nitrogen and oxygen atoms in total. The molecule has 2 saturated heterocycles. The van der Waals surface area contributed by atoms with Crippen LogP contribution in [-0.4, -0.2) is 125 Å². The molecule has 1 amide bonds. The number of amides is 1. The maximum absolute atomic E-state index is 14.3. The van der Waals surface area contributed by atoms with Gasteiger partial charge in [0.2, 0.25) is 5.79 Å². The summed E-state index contributed by atoms with van der Waals surface area (Å²) in [6.45, 7) is 12.9. The lowest BCUT2D eigenvalue weighted by Gasteiger charge is -2.47. The van der Waals surface area contributed by atoms with E-state index < -0.39 is 77.9 Å². The second kappa shape index (κ2) is 21.0. The highest BCUT2D eigenvalue weighted by atomic mass is 16.7. The van der Waals surface area contributed by atoms with Crippen LogP contribution >= 0.6 is 0 Å². The van der Waals surface area contributed by atoms with Crippen LogP contribution in [0.4, 0.5) is 0 Å². The van der Waals surface area contributed by atoms with Crippen LogP contribution in [0.15, 0.2) is 36.0 Å². The Bertz CT molecular complexity index is 1480. The van der Waals surface area contributed by atoms with Crippen molar-refractivity contribution in [2.24, 2.45) is 35.5 Å². The number of cyclic esters (lactones) is 1. The summed E-state index contributed by atoms with van der Waals surface area (Å²) >= 11 is 0. The van der Waals surface area contributed by atoms with E-state index in [1.807, 2.05) is 26.0 Å². The normalized spacial score (nSPS) is 41.0. The molecule has 3 heterocycles. The second-order valence-corrected chi connectivity index (χ2v) is 17.4. The number of hydrogen-bond donors (Lipinski definition) is 4. The van der Waals surface area contributed by atoms with Crippen LogP contribution in [0.5, 0.6) is 0 Å². The van der Waals surface area contributed by atoms with Crippen LogP contribution in [0.25, 0.3) is 0 Å². The second-order valence-electron chi connectivity index (χ2n) is 17.4. The van der Waals surface area contributed by atoms with Crippen LogP contribution < -0.4 is 0 Å². The van der Waals surface area contributed by atoms with Crippen molar-refractivity contribution in [2.75, 3.05) is 27.4 Å². The van der Waals surface area contributed by atoms with Gasteiger partial charge < -0.3 is 44.3 Å².